The average Bonchev–Trinajstić information content (AvgIpc) is 2.83. The van der Waals surface area contributed by atoms with Gasteiger partial charge in [0.25, 0.3) is 0 Å². The summed E-state index contributed by atoms with van der Waals surface area (Å²) < 4.78 is 37.9. The SMILES string of the molecule is COc1cc2c(cc1OC)CCN(S(=O)(=O)c1ccccc1)CC2. The molecule has 0 atom stereocenters. The van der Waals surface area contributed by atoms with E-state index in [0.717, 1.165) is 11.1 Å². The van der Waals surface area contributed by atoms with Gasteiger partial charge in [0.2, 0.25) is 10.0 Å². The Labute approximate surface area is 142 Å². The summed E-state index contributed by atoms with van der Waals surface area (Å²) in [5.41, 5.74) is 2.22. The summed E-state index contributed by atoms with van der Waals surface area (Å²) >= 11 is 0. The molecule has 0 fully saturated rings. The van der Waals surface area contributed by atoms with Gasteiger partial charge in [0.1, 0.15) is 0 Å². The van der Waals surface area contributed by atoms with Crippen molar-refractivity contribution in [3.05, 3.63) is 53.6 Å². The van der Waals surface area contributed by atoms with E-state index in [1.54, 1.807) is 42.8 Å². The highest BCUT2D eigenvalue weighted by atomic mass is 32.2. The van der Waals surface area contributed by atoms with Gasteiger partial charge >= 0.3 is 0 Å². The van der Waals surface area contributed by atoms with Crippen LogP contribution in [-0.4, -0.2) is 40.0 Å². The zero-order chi connectivity index (χ0) is 17.2. The zero-order valence-electron chi connectivity index (χ0n) is 13.9. The van der Waals surface area contributed by atoms with E-state index in [1.165, 1.54) is 0 Å². The molecule has 6 heteroatoms. The van der Waals surface area contributed by atoms with Gasteiger partial charge in [0.15, 0.2) is 11.5 Å². The molecular formula is C18H21NO4S. The van der Waals surface area contributed by atoms with E-state index in [0.29, 0.717) is 42.3 Å². The summed E-state index contributed by atoms with van der Waals surface area (Å²) in [7, 11) is -0.255. The molecule has 0 radical (unpaired) electrons. The van der Waals surface area contributed by atoms with E-state index in [-0.39, 0.29) is 0 Å². The van der Waals surface area contributed by atoms with E-state index >= 15 is 0 Å². The molecule has 24 heavy (non-hydrogen) atoms. The standard InChI is InChI=1S/C18H21NO4S/c1-22-17-12-14-8-10-19(11-9-15(14)13-18(17)23-2)24(20,21)16-6-4-3-5-7-16/h3-7,12-13H,8-11H2,1-2H3. The van der Waals surface area contributed by atoms with Gasteiger partial charge in [0, 0.05) is 13.1 Å². The van der Waals surface area contributed by atoms with Crippen LogP contribution in [0.1, 0.15) is 11.1 Å². The number of rotatable bonds is 4. The summed E-state index contributed by atoms with van der Waals surface area (Å²) in [5, 5.41) is 0. The van der Waals surface area contributed by atoms with E-state index in [4.69, 9.17) is 9.47 Å². The van der Waals surface area contributed by atoms with Crippen LogP contribution in [-0.2, 0) is 22.9 Å². The number of hydrogen-bond acceptors (Lipinski definition) is 4. The molecule has 1 aliphatic heterocycles. The van der Waals surface area contributed by atoms with E-state index in [2.05, 4.69) is 0 Å². The molecule has 0 aromatic heterocycles. The second-order valence-electron chi connectivity index (χ2n) is 5.69. The molecule has 0 aliphatic carbocycles. The van der Waals surface area contributed by atoms with Crippen molar-refractivity contribution in [2.45, 2.75) is 17.7 Å². The van der Waals surface area contributed by atoms with Crippen molar-refractivity contribution in [2.75, 3.05) is 27.3 Å². The Morgan fingerprint density at radius 1 is 0.875 bits per heavy atom. The van der Waals surface area contributed by atoms with Crippen molar-refractivity contribution < 1.29 is 17.9 Å². The van der Waals surface area contributed by atoms with Crippen molar-refractivity contribution in [1.82, 2.24) is 4.31 Å². The second-order valence-corrected chi connectivity index (χ2v) is 7.63. The van der Waals surface area contributed by atoms with Crippen molar-refractivity contribution in [3.63, 3.8) is 0 Å². The third-order valence-corrected chi connectivity index (χ3v) is 6.26. The van der Waals surface area contributed by atoms with Crippen LogP contribution >= 0.6 is 0 Å². The Morgan fingerprint density at radius 3 is 1.83 bits per heavy atom. The maximum atomic E-state index is 12.8. The quantitative estimate of drug-likeness (QED) is 0.853. The molecule has 0 unspecified atom stereocenters. The number of benzene rings is 2. The Morgan fingerprint density at radius 2 is 1.38 bits per heavy atom. The number of ether oxygens (including phenoxy) is 2. The highest BCUT2D eigenvalue weighted by molar-refractivity contribution is 7.89. The normalized spacial score (nSPS) is 15.4. The molecule has 0 saturated carbocycles. The first-order valence-corrected chi connectivity index (χ1v) is 9.29. The Hall–Kier alpha value is -2.05. The fraction of sp³-hybridized carbons (Fsp3) is 0.333. The fourth-order valence-electron chi connectivity index (χ4n) is 3.01. The molecule has 2 aromatic carbocycles. The summed E-state index contributed by atoms with van der Waals surface area (Å²) in [5.74, 6) is 1.35. The average molecular weight is 347 g/mol. The summed E-state index contributed by atoms with van der Waals surface area (Å²) in [6, 6.07) is 12.5. The number of sulfonamides is 1. The van der Waals surface area contributed by atoms with Crippen molar-refractivity contribution in [3.8, 4) is 11.5 Å². The van der Waals surface area contributed by atoms with E-state index < -0.39 is 10.0 Å². The lowest BCUT2D eigenvalue weighted by atomic mass is 10.0. The minimum atomic E-state index is -3.46. The molecule has 0 amide bonds. The van der Waals surface area contributed by atoms with Crippen LogP contribution in [0, 0.1) is 0 Å². The van der Waals surface area contributed by atoms with Crippen LogP contribution in [0.4, 0.5) is 0 Å². The van der Waals surface area contributed by atoms with E-state index in [1.807, 2.05) is 18.2 Å². The summed E-state index contributed by atoms with van der Waals surface area (Å²) in [6.45, 7) is 0.916. The zero-order valence-corrected chi connectivity index (χ0v) is 14.7. The van der Waals surface area contributed by atoms with Crippen LogP contribution in [0.5, 0.6) is 11.5 Å². The fourth-order valence-corrected chi connectivity index (χ4v) is 4.48. The molecule has 128 valence electrons. The van der Waals surface area contributed by atoms with Crippen LogP contribution in [0.25, 0.3) is 0 Å². The van der Waals surface area contributed by atoms with Gasteiger partial charge < -0.3 is 9.47 Å². The maximum Gasteiger partial charge on any atom is 0.243 e. The molecule has 0 saturated heterocycles. The van der Waals surface area contributed by atoms with Crippen LogP contribution in [0.2, 0.25) is 0 Å². The van der Waals surface area contributed by atoms with Gasteiger partial charge in [-0.15, -0.1) is 0 Å². The number of nitrogens with zero attached hydrogens (tertiary/aromatic N) is 1. The Kier molecular flexibility index (Phi) is 4.78. The van der Waals surface area contributed by atoms with Gasteiger partial charge in [-0.25, -0.2) is 8.42 Å². The molecule has 0 N–H and O–H groups in total. The highest BCUT2D eigenvalue weighted by Crippen LogP contribution is 2.32. The predicted molar refractivity (Wildman–Crippen MR) is 92.2 cm³/mol. The number of fused-ring (bicyclic) bond motifs is 1. The third-order valence-electron chi connectivity index (χ3n) is 4.35. The minimum absolute atomic E-state index is 0.339. The number of methoxy groups -OCH3 is 2. The first-order valence-electron chi connectivity index (χ1n) is 7.85. The predicted octanol–water partition coefficient (Wildman–Crippen LogP) is 2.49. The molecule has 0 bridgehead atoms. The van der Waals surface area contributed by atoms with Crippen LogP contribution in [0.15, 0.2) is 47.4 Å². The molecule has 5 nitrogen and oxygen atoms in total. The Balaban J connectivity index is 1.88. The lowest BCUT2D eigenvalue weighted by Crippen LogP contribution is -2.33. The van der Waals surface area contributed by atoms with Crippen molar-refractivity contribution in [2.24, 2.45) is 0 Å². The lowest BCUT2D eigenvalue weighted by Gasteiger charge is -2.19. The molecule has 2 aromatic rings. The highest BCUT2D eigenvalue weighted by Gasteiger charge is 2.27. The van der Waals surface area contributed by atoms with Gasteiger partial charge in [-0.1, -0.05) is 18.2 Å². The molecule has 0 spiro atoms. The maximum absolute atomic E-state index is 12.8. The van der Waals surface area contributed by atoms with Gasteiger partial charge in [-0.05, 0) is 48.2 Å². The molecule has 1 aliphatic rings. The van der Waals surface area contributed by atoms with Gasteiger partial charge in [-0.3, -0.25) is 0 Å². The second kappa shape index (κ2) is 6.83. The Bertz CT molecular complexity index is 783. The van der Waals surface area contributed by atoms with Crippen LogP contribution < -0.4 is 9.47 Å². The minimum Gasteiger partial charge on any atom is -0.493 e. The van der Waals surface area contributed by atoms with Gasteiger partial charge in [0.05, 0.1) is 19.1 Å². The first kappa shape index (κ1) is 16.8. The lowest BCUT2D eigenvalue weighted by molar-refractivity contribution is 0.354. The smallest absolute Gasteiger partial charge is 0.243 e. The van der Waals surface area contributed by atoms with Crippen molar-refractivity contribution in [1.29, 1.82) is 0 Å². The summed E-state index contributed by atoms with van der Waals surface area (Å²) in [6.07, 6.45) is 1.31. The number of hydrogen-bond donors (Lipinski definition) is 0. The third kappa shape index (κ3) is 3.12. The molecule has 1 heterocycles. The van der Waals surface area contributed by atoms with E-state index in [9.17, 15) is 8.42 Å². The molecule has 3 rings (SSSR count). The summed E-state index contributed by atoms with van der Waals surface area (Å²) in [4.78, 5) is 0.339. The topological polar surface area (TPSA) is 55.8 Å². The largest absolute Gasteiger partial charge is 0.493 e. The van der Waals surface area contributed by atoms with Crippen LogP contribution in [0.3, 0.4) is 0 Å². The monoisotopic (exact) mass is 347 g/mol. The van der Waals surface area contributed by atoms with Gasteiger partial charge in [-0.2, -0.15) is 4.31 Å². The van der Waals surface area contributed by atoms with Crippen molar-refractivity contribution >= 4 is 10.0 Å². The molecular weight excluding hydrogens is 326 g/mol. The first-order chi connectivity index (χ1) is 11.6.